The molecule has 0 amide bonds. The van der Waals surface area contributed by atoms with Crippen LogP contribution < -0.4 is 4.90 Å². The maximum Gasteiger partial charge on any atom is 0.149 e. The molecule has 0 radical (unpaired) electrons. The van der Waals surface area contributed by atoms with E-state index in [1.165, 1.54) is 12.1 Å². The molecule has 2 aromatic carbocycles. The number of aromatic amines is 1. The number of nitrogens with one attached hydrogen (secondary N) is 1. The molecule has 2 heterocycles. The van der Waals surface area contributed by atoms with E-state index in [4.69, 9.17) is 0 Å². The predicted octanol–water partition coefficient (Wildman–Crippen LogP) is 3.61. The highest BCUT2D eigenvalue weighted by atomic mass is 19.1. The van der Waals surface area contributed by atoms with E-state index in [-0.39, 0.29) is 0 Å². The number of aliphatic hydroxyl groups is 1. The summed E-state index contributed by atoms with van der Waals surface area (Å²) in [4.78, 5) is 7.31. The number of fused-ring (bicyclic) bond motifs is 1. The van der Waals surface area contributed by atoms with Gasteiger partial charge in [0, 0.05) is 61.5 Å². The van der Waals surface area contributed by atoms with Crippen molar-refractivity contribution in [2.24, 2.45) is 0 Å². The fraction of sp³-hybridized carbons (Fsp3) is 0.333. The smallest absolute Gasteiger partial charge is 0.149 e. The fourth-order valence-electron chi connectivity index (χ4n) is 3.78. The van der Waals surface area contributed by atoms with Crippen LogP contribution in [0.5, 0.6) is 0 Å². The largest absolute Gasteiger partial charge is 0.387 e. The Morgan fingerprint density at radius 2 is 1.85 bits per heavy atom. The molecule has 0 aliphatic carbocycles. The average molecular weight is 371 g/mol. The van der Waals surface area contributed by atoms with Gasteiger partial charge in [-0.25, -0.2) is 8.78 Å². The summed E-state index contributed by atoms with van der Waals surface area (Å²) < 4.78 is 27.1. The number of halogens is 2. The molecule has 27 heavy (non-hydrogen) atoms. The Labute approximate surface area is 157 Å². The summed E-state index contributed by atoms with van der Waals surface area (Å²) in [5.74, 6) is -1.09. The number of aryl methyl sites for hydroxylation is 1. The second kappa shape index (κ2) is 7.29. The van der Waals surface area contributed by atoms with Crippen molar-refractivity contribution in [1.29, 1.82) is 0 Å². The van der Waals surface area contributed by atoms with Crippen LogP contribution in [0.2, 0.25) is 0 Å². The first-order valence-corrected chi connectivity index (χ1v) is 9.19. The van der Waals surface area contributed by atoms with Crippen molar-refractivity contribution >= 4 is 16.6 Å². The molecule has 0 unspecified atom stereocenters. The van der Waals surface area contributed by atoms with Gasteiger partial charge in [0.1, 0.15) is 11.6 Å². The molecular formula is C21H23F2N3O. The first-order chi connectivity index (χ1) is 13.0. The number of aromatic nitrogens is 1. The summed E-state index contributed by atoms with van der Waals surface area (Å²) >= 11 is 0. The van der Waals surface area contributed by atoms with Gasteiger partial charge in [0.2, 0.25) is 0 Å². The van der Waals surface area contributed by atoms with Crippen LogP contribution in [0.15, 0.2) is 42.6 Å². The molecule has 4 nitrogen and oxygen atoms in total. The summed E-state index contributed by atoms with van der Waals surface area (Å²) in [5.41, 5.74) is 3.51. The van der Waals surface area contributed by atoms with Crippen LogP contribution in [0.1, 0.15) is 17.2 Å². The van der Waals surface area contributed by atoms with Gasteiger partial charge in [0.15, 0.2) is 0 Å². The number of anilines is 1. The van der Waals surface area contributed by atoms with E-state index in [9.17, 15) is 13.9 Å². The molecule has 1 aromatic heterocycles. The van der Waals surface area contributed by atoms with Gasteiger partial charge in [0.25, 0.3) is 0 Å². The first kappa shape index (κ1) is 17.9. The number of β-amino-alcohol motifs (C(OH)–C–C–N with tert-alkyl or cyclic N) is 1. The Hall–Kier alpha value is -2.44. The van der Waals surface area contributed by atoms with Gasteiger partial charge in [-0.05, 0) is 31.2 Å². The third-order valence-electron chi connectivity index (χ3n) is 5.28. The number of rotatable bonds is 4. The van der Waals surface area contributed by atoms with E-state index in [2.05, 4.69) is 16.0 Å². The maximum absolute atomic E-state index is 14.0. The number of piperazine rings is 1. The van der Waals surface area contributed by atoms with Crippen molar-refractivity contribution in [1.82, 2.24) is 9.88 Å². The Morgan fingerprint density at radius 1 is 1.07 bits per heavy atom. The average Bonchev–Trinajstić information content (AvgIpc) is 3.06. The van der Waals surface area contributed by atoms with E-state index in [0.717, 1.165) is 41.2 Å². The summed E-state index contributed by atoms with van der Waals surface area (Å²) in [7, 11) is 0. The third-order valence-corrected chi connectivity index (χ3v) is 5.28. The summed E-state index contributed by atoms with van der Waals surface area (Å²) in [6, 6.07) is 9.85. The summed E-state index contributed by atoms with van der Waals surface area (Å²) in [6.45, 7) is 5.28. The van der Waals surface area contributed by atoms with Crippen molar-refractivity contribution in [3.63, 3.8) is 0 Å². The van der Waals surface area contributed by atoms with Crippen LogP contribution in [0.4, 0.5) is 14.5 Å². The summed E-state index contributed by atoms with van der Waals surface area (Å²) in [5, 5.41) is 11.8. The Balaban J connectivity index is 1.40. The molecule has 142 valence electrons. The fourth-order valence-corrected chi connectivity index (χ4v) is 3.78. The second-order valence-electron chi connectivity index (χ2n) is 7.19. The van der Waals surface area contributed by atoms with Crippen LogP contribution in [0, 0.1) is 18.6 Å². The minimum Gasteiger partial charge on any atom is -0.387 e. The molecule has 1 saturated heterocycles. The van der Waals surface area contributed by atoms with Gasteiger partial charge in [-0.2, -0.15) is 0 Å². The van der Waals surface area contributed by atoms with Gasteiger partial charge in [0.05, 0.1) is 11.8 Å². The number of aliphatic hydroxyl groups excluding tert-OH is 1. The highest BCUT2D eigenvalue weighted by Crippen LogP contribution is 2.27. The Kier molecular flexibility index (Phi) is 4.85. The van der Waals surface area contributed by atoms with E-state index in [0.29, 0.717) is 25.3 Å². The van der Waals surface area contributed by atoms with Crippen molar-refractivity contribution in [2.45, 2.75) is 13.0 Å². The van der Waals surface area contributed by atoms with E-state index >= 15 is 0 Å². The zero-order valence-electron chi connectivity index (χ0n) is 15.3. The van der Waals surface area contributed by atoms with Crippen LogP contribution >= 0.6 is 0 Å². The number of hydrogen-bond donors (Lipinski definition) is 2. The van der Waals surface area contributed by atoms with Crippen molar-refractivity contribution < 1.29 is 13.9 Å². The molecule has 0 bridgehead atoms. The van der Waals surface area contributed by atoms with Crippen LogP contribution in [-0.2, 0) is 0 Å². The maximum atomic E-state index is 14.0. The first-order valence-electron chi connectivity index (χ1n) is 9.19. The molecule has 0 saturated carbocycles. The van der Waals surface area contributed by atoms with Crippen molar-refractivity contribution in [3.05, 3.63) is 65.4 Å². The molecule has 1 aliphatic rings. The number of nitrogens with zero attached hydrogens (tertiary/aromatic N) is 2. The third kappa shape index (κ3) is 3.68. The monoisotopic (exact) mass is 371 g/mol. The molecule has 4 rings (SSSR count). The molecule has 3 aromatic rings. The molecule has 1 aliphatic heterocycles. The quantitative estimate of drug-likeness (QED) is 0.736. The zero-order valence-corrected chi connectivity index (χ0v) is 15.3. The Bertz CT molecular complexity index is 948. The van der Waals surface area contributed by atoms with Crippen LogP contribution in [0.3, 0.4) is 0 Å². The molecule has 0 spiro atoms. The molecule has 1 atom stereocenters. The molecule has 2 N–H and O–H groups in total. The van der Waals surface area contributed by atoms with E-state index < -0.39 is 17.7 Å². The van der Waals surface area contributed by atoms with E-state index in [1.807, 2.05) is 30.2 Å². The second-order valence-corrected chi connectivity index (χ2v) is 7.19. The van der Waals surface area contributed by atoms with Crippen molar-refractivity contribution in [2.75, 3.05) is 37.6 Å². The minimum atomic E-state index is -0.588. The summed E-state index contributed by atoms with van der Waals surface area (Å²) in [6.07, 6.45) is 1.29. The standard InChI is InChI=1S/C21H23F2N3O/c1-14-2-4-19-16(10-14)17(12-24-19)21(27)13-25-6-8-26(9-7-25)20-5-3-15(22)11-18(20)23/h2-5,10-12,21,24,27H,6-9,13H2,1H3/t21-/m1/s1. The molecule has 1 fully saturated rings. The zero-order chi connectivity index (χ0) is 19.0. The van der Waals surface area contributed by atoms with Gasteiger partial charge >= 0.3 is 0 Å². The topological polar surface area (TPSA) is 42.5 Å². The number of hydrogen-bond acceptors (Lipinski definition) is 3. The lowest BCUT2D eigenvalue weighted by Crippen LogP contribution is -2.47. The number of benzene rings is 2. The van der Waals surface area contributed by atoms with Gasteiger partial charge < -0.3 is 15.0 Å². The van der Waals surface area contributed by atoms with E-state index in [1.54, 1.807) is 0 Å². The van der Waals surface area contributed by atoms with Gasteiger partial charge in [-0.1, -0.05) is 11.6 Å². The lowest BCUT2D eigenvalue weighted by molar-refractivity contribution is 0.110. The van der Waals surface area contributed by atoms with Crippen LogP contribution in [-0.4, -0.2) is 47.7 Å². The minimum absolute atomic E-state index is 0.434. The highest BCUT2D eigenvalue weighted by Gasteiger charge is 2.23. The lowest BCUT2D eigenvalue weighted by Gasteiger charge is -2.37. The molecule has 6 heteroatoms. The van der Waals surface area contributed by atoms with Crippen molar-refractivity contribution in [3.8, 4) is 0 Å². The Morgan fingerprint density at radius 3 is 2.59 bits per heavy atom. The lowest BCUT2D eigenvalue weighted by atomic mass is 10.1. The number of H-pyrrole nitrogens is 1. The highest BCUT2D eigenvalue weighted by molar-refractivity contribution is 5.84. The normalized spacial score (nSPS) is 16.8. The SMILES string of the molecule is Cc1ccc2[nH]cc([C@H](O)CN3CCN(c4ccc(F)cc4F)CC3)c2c1. The molecular weight excluding hydrogens is 348 g/mol. The van der Waals surface area contributed by atoms with Gasteiger partial charge in [-0.3, -0.25) is 4.90 Å². The van der Waals surface area contributed by atoms with Crippen LogP contribution in [0.25, 0.3) is 10.9 Å². The predicted molar refractivity (Wildman–Crippen MR) is 103 cm³/mol. The van der Waals surface area contributed by atoms with Gasteiger partial charge in [-0.15, -0.1) is 0 Å².